The van der Waals surface area contributed by atoms with Gasteiger partial charge < -0.3 is 9.52 Å². The summed E-state index contributed by atoms with van der Waals surface area (Å²) >= 11 is 2.28. The van der Waals surface area contributed by atoms with Crippen LogP contribution in [0.2, 0.25) is 0 Å². The van der Waals surface area contributed by atoms with E-state index in [-0.39, 0.29) is 0 Å². The lowest BCUT2D eigenvalue weighted by atomic mass is 10.2. The van der Waals surface area contributed by atoms with Crippen LogP contribution < -0.4 is 0 Å². The Kier molecular flexibility index (Phi) is 3.66. The fraction of sp³-hybridized carbons (Fsp3) is 0.231. The average molecular weight is 328 g/mol. The molecule has 0 bridgehead atoms. The van der Waals surface area contributed by atoms with Crippen molar-refractivity contribution >= 4 is 22.6 Å². The van der Waals surface area contributed by atoms with E-state index < -0.39 is 6.10 Å². The molecule has 0 saturated heterocycles. The van der Waals surface area contributed by atoms with Crippen LogP contribution in [0.25, 0.3) is 11.3 Å². The Morgan fingerprint density at radius 3 is 2.69 bits per heavy atom. The maximum Gasteiger partial charge on any atom is 0.135 e. The second-order valence-electron chi connectivity index (χ2n) is 3.61. The average Bonchev–Trinajstić information content (AvgIpc) is 2.78. The lowest BCUT2D eigenvalue weighted by Gasteiger charge is -2.03. The normalized spacial score (nSPS) is 12.7. The van der Waals surface area contributed by atoms with Gasteiger partial charge in [-0.1, -0.05) is 25.1 Å². The summed E-state index contributed by atoms with van der Waals surface area (Å²) in [4.78, 5) is 0. The topological polar surface area (TPSA) is 33.4 Å². The van der Waals surface area contributed by atoms with Gasteiger partial charge in [0.2, 0.25) is 0 Å². The molecule has 1 atom stereocenters. The van der Waals surface area contributed by atoms with Crippen molar-refractivity contribution in [1.82, 2.24) is 0 Å². The molecule has 84 valence electrons. The van der Waals surface area contributed by atoms with Crippen LogP contribution in [0.4, 0.5) is 0 Å². The largest absolute Gasteiger partial charge is 0.458 e. The highest BCUT2D eigenvalue weighted by Crippen LogP contribution is 2.29. The summed E-state index contributed by atoms with van der Waals surface area (Å²) in [5.74, 6) is 1.45. The highest BCUT2D eigenvalue weighted by Gasteiger charge is 2.12. The number of aliphatic hydroxyl groups is 1. The molecule has 0 aliphatic carbocycles. The van der Waals surface area contributed by atoms with Crippen molar-refractivity contribution in [3.8, 4) is 11.3 Å². The molecule has 2 nitrogen and oxygen atoms in total. The SMILES string of the molecule is CCC(O)c1ccc(-c2ccccc2I)o1. The molecule has 16 heavy (non-hydrogen) atoms. The Hall–Kier alpha value is -0.810. The Morgan fingerprint density at radius 2 is 2.00 bits per heavy atom. The summed E-state index contributed by atoms with van der Waals surface area (Å²) in [6.45, 7) is 1.93. The Morgan fingerprint density at radius 1 is 1.25 bits per heavy atom. The van der Waals surface area contributed by atoms with Crippen LogP contribution in [-0.2, 0) is 0 Å². The van der Waals surface area contributed by atoms with Gasteiger partial charge in [-0.05, 0) is 47.2 Å². The monoisotopic (exact) mass is 328 g/mol. The number of rotatable bonds is 3. The van der Waals surface area contributed by atoms with Gasteiger partial charge in [0.1, 0.15) is 17.6 Å². The summed E-state index contributed by atoms with van der Waals surface area (Å²) in [5.41, 5.74) is 1.07. The van der Waals surface area contributed by atoms with Crippen molar-refractivity contribution in [2.45, 2.75) is 19.4 Å². The molecule has 1 unspecified atom stereocenters. The van der Waals surface area contributed by atoms with E-state index in [9.17, 15) is 5.11 Å². The van der Waals surface area contributed by atoms with E-state index in [1.807, 2.05) is 43.3 Å². The first-order chi connectivity index (χ1) is 7.72. The minimum Gasteiger partial charge on any atom is -0.458 e. The van der Waals surface area contributed by atoms with E-state index >= 15 is 0 Å². The third-order valence-corrected chi connectivity index (χ3v) is 3.42. The predicted octanol–water partition coefficient (Wildman–Crippen LogP) is 3.99. The first-order valence-electron chi connectivity index (χ1n) is 5.25. The van der Waals surface area contributed by atoms with E-state index in [0.29, 0.717) is 12.2 Å². The molecule has 1 aromatic carbocycles. The number of hydrogen-bond acceptors (Lipinski definition) is 2. The van der Waals surface area contributed by atoms with Crippen LogP contribution in [0, 0.1) is 3.57 Å². The van der Waals surface area contributed by atoms with Crippen molar-refractivity contribution in [3.63, 3.8) is 0 Å². The van der Waals surface area contributed by atoms with Crippen molar-refractivity contribution in [2.75, 3.05) is 0 Å². The highest BCUT2D eigenvalue weighted by atomic mass is 127. The molecule has 0 fully saturated rings. The van der Waals surface area contributed by atoms with E-state index in [1.54, 1.807) is 0 Å². The predicted molar refractivity (Wildman–Crippen MR) is 72.1 cm³/mol. The number of hydrogen-bond donors (Lipinski definition) is 1. The number of benzene rings is 1. The van der Waals surface area contributed by atoms with Crippen molar-refractivity contribution in [1.29, 1.82) is 0 Å². The van der Waals surface area contributed by atoms with Gasteiger partial charge in [-0.3, -0.25) is 0 Å². The summed E-state index contributed by atoms with van der Waals surface area (Å²) in [6.07, 6.45) is 0.161. The molecule has 1 heterocycles. The Bertz CT molecular complexity index is 476. The van der Waals surface area contributed by atoms with E-state index in [4.69, 9.17) is 4.42 Å². The Labute approximate surface area is 108 Å². The van der Waals surface area contributed by atoms with Crippen molar-refractivity contribution < 1.29 is 9.52 Å². The zero-order valence-corrected chi connectivity index (χ0v) is 11.1. The second-order valence-corrected chi connectivity index (χ2v) is 4.77. The zero-order chi connectivity index (χ0) is 11.5. The van der Waals surface area contributed by atoms with Gasteiger partial charge >= 0.3 is 0 Å². The van der Waals surface area contributed by atoms with Gasteiger partial charge in [0, 0.05) is 9.13 Å². The third kappa shape index (κ3) is 2.30. The van der Waals surface area contributed by atoms with Gasteiger partial charge in [-0.2, -0.15) is 0 Å². The molecule has 0 amide bonds. The molecule has 1 aromatic heterocycles. The molecular formula is C13H13IO2. The van der Waals surface area contributed by atoms with Crippen LogP contribution in [0.15, 0.2) is 40.8 Å². The fourth-order valence-corrected chi connectivity index (χ4v) is 2.19. The van der Waals surface area contributed by atoms with Crippen molar-refractivity contribution in [3.05, 3.63) is 45.7 Å². The van der Waals surface area contributed by atoms with Crippen molar-refractivity contribution in [2.24, 2.45) is 0 Å². The van der Waals surface area contributed by atoms with Gasteiger partial charge in [-0.15, -0.1) is 0 Å². The minimum absolute atomic E-state index is 0.505. The standard InChI is InChI=1S/C13H13IO2/c1-2-11(15)13-8-7-12(16-13)9-5-3-4-6-10(9)14/h3-8,11,15H,2H2,1H3. The van der Waals surface area contributed by atoms with E-state index in [0.717, 1.165) is 14.9 Å². The first kappa shape index (κ1) is 11.7. The van der Waals surface area contributed by atoms with Crippen LogP contribution >= 0.6 is 22.6 Å². The summed E-state index contributed by atoms with van der Waals surface area (Å²) in [7, 11) is 0. The molecular weight excluding hydrogens is 315 g/mol. The van der Waals surface area contributed by atoms with Crippen LogP contribution in [0.5, 0.6) is 0 Å². The number of furan rings is 1. The quantitative estimate of drug-likeness (QED) is 0.864. The number of halogens is 1. The van der Waals surface area contributed by atoms with Gasteiger partial charge in [0.15, 0.2) is 0 Å². The van der Waals surface area contributed by atoms with Gasteiger partial charge in [0.25, 0.3) is 0 Å². The second kappa shape index (κ2) is 5.01. The van der Waals surface area contributed by atoms with Crippen LogP contribution in [0.1, 0.15) is 25.2 Å². The molecule has 0 aliphatic rings. The molecule has 2 aromatic rings. The lowest BCUT2D eigenvalue weighted by molar-refractivity contribution is 0.147. The molecule has 0 spiro atoms. The maximum atomic E-state index is 9.66. The molecule has 3 heteroatoms. The summed E-state index contributed by atoms with van der Waals surface area (Å²) in [5, 5.41) is 9.66. The zero-order valence-electron chi connectivity index (χ0n) is 8.98. The molecule has 1 N–H and O–H groups in total. The van der Waals surface area contributed by atoms with Gasteiger partial charge in [-0.25, -0.2) is 0 Å². The summed E-state index contributed by atoms with van der Waals surface area (Å²) < 4.78 is 6.79. The smallest absolute Gasteiger partial charge is 0.135 e. The fourth-order valence-electron chi connectivity index (χ4n) is 1.54. The number of aliphatic hydroxyl groups excluding tert-OH is 1. The van der Waals surface area contributed by atoms with Crippen LogP contribution in [0.3, 0.4) is 0 Å². The summed E-state index contributed by atoms with van der Waals surface area (Å²) in [6, 6.07) is 11.8. The van der Waals surface area contributed by atoms with E-state index in [2.05, 4.69) is 22.6 Å². The first-order valence-corrected chi connectivity index (χ1v) is 6.33. The van der Waals surface area contributed by atoms with Crippen LogP contribution in [-0.4, -0.2) is 5.11 Å². The molecule has 2 rings (SSSR count). The lowest BCUT2D eigenvalue weighted by Crippen LogP contribution is -1.91. The Balaban J connectivity index is 2.35. The highest BCUT2D eigenvalue weighted by molar-refractivity contribution is 14.1. The third-order valence-electron chi connectivity index (χ3n) is 2.48. The molecule has 0 aliphatic heterocycles. The maximum absolute atomic E-state index is 9.66. The van der Waals surface area contributed by atoms with E-state index in [1.165, 1.54) is 0 Å². The minimum atomic E-state index is -0.505. The van der Waals surface area contributed by atoms with Gasteiger partial charge in [0.05, 0.1) is 0 Å². The molecule has 0 saturated carbocycles. The molecule has 0 radical (unpaired) electrons.